The quantitative estimate of drug-likeness (QED) is 0.541. The molecule has 0 aromatic heterocycles. The Balaban J connectivity index is 1.56. The fourth-order valence-electron chi connectivity index (χ4n) is 5.54. The number of esters is 2. The van der Waals surface area contributed by atoms with E-state index in [2.05, 4.69) is 0 Å². The third-order valence-electron chi connectivity index (χ3n) is 6.89. The van der Waals surface area contributed by atoms with Gasteiger partial charge in [-0.25, -0.2) is 4.79 Å². The molecule has 5 rings (SSSR count). The van der Waals surface area contributed by atoms with Gasteiger partial charge < -0.3 is 33.2 Å². The first kappa shape index (κ1) is 25.5. The summed E-state index contributed by atoms with van der Waals surface area (Å²) in [5, 5.41) is 1.58. The molecule has 36 heavy (non-hydrogen) atoms. The first-order valence-corrected chi connectivity index (χ1v) is 12.0. The first-order chi connectivity index (χ1) is 17.0. The molecular formula is C25H33NO10. The van der Waals surface area contributed by atoms with E-state index in [9.17, 15) is 9.59 Å². The highest BCUT2D eigenvalue weighted by Crippen LogP contribution is 2.47. The Bertz CT molecular complexity index is 984. The summed E-state index contributed by atoms with van der Waals surface area (Å²) in [6.45, 7) is 7.47. The van der Waals surface area contributed by atoms with E-state index in [1.54, 1.807) is 32.8 Å². The fourth-order valence-corrected chi connectivity index (χ4v) is 5.54. The Morgan fingerprint density at radius 1 is 0.833 bits per heavy atom. The zero-order valence-corrected chi connectivity index (χ0v) is 21.2. The topological polar surface area (TPSA) is 111 Å². The molecule has 8 atom stereocenters. The number of carbonyl (C=O) groups is 2. The molecule has 6 unspecified atom stereocenters. The fraction of sp³-hybridized carbons (Fsp3) is 0.680. The van der Waals surface area contributed by atoms with Crippen molar-refractivity contribution in [2.75, 3.05) is 14.2 Å². The molecule has 4 aliphatic heterocycles. The van der Waals surface area contributed by atoms with Crippen LogP contribution in [-0.4, -0.2) is 85.6 Å². The van der Waals surface area contributed by atoms with Crippen LogP contribution in [0.15, 0.2) is 30.3 Å². The molecule has 0 radical (unpaired) electrons. The monoisotopic (exact) mass is 507 g/mol. The maximum absolute atomic E-state index is 13.1. The lowest BCUT2D eigenvalue weighted by molar-refractivity contribution is -0.265. The molecule has 0 aliphatic carbocycles. The maximum atomic E-state index is 13.1. The van der Waals surface area contributed by atoms with Crippen molar-refractivity contribution >= 4 is 11.9 Å². The molecule has 0 saturated carbocycles. The average molecular weight is 508 g/mol. The lowest BCUT2D eigenvalue weighted by Gasteiger charge is -2.42. The summed E-state index contributed by atoms with van der Waals surface area (Å²) in [7, 11) is 2.51. The Hall–Kier alpha value is -2.12. The Morgan fingerprint density at radius 2 is 1.42 bits per heavy atom. The molecule has 11 nitrogen and oxygen atoms in total. The van der Waals surface area contributed by atoms with Crippen molar-refractivity contribution in [2.24, 2.45) is 5.92 Å². The van der Waals surface area contributed by atoms with Crippen LogP contribution in [-0.2, 0) is 54.1 Å². The minimum Gasteiger partial charge on any atom is -0.469 e. The zero-order chi connectivity index (χ0) is 25.8. The van der Waals surface area contributed by atoms with Crippen LogP contribution in [0.25, 0.3) is 0 Å². The normalized spacial score (nSPS) is 38.8. The lowest BCUT2D eigenvalue weighted by Crippen LogP contribution is -2.62. The molecule has 198 valence electrons. The average Bonchev–Trinajstić information content (AvgIpc) is 3.47. The molecule has 4 saturated heterocycles. The van der Waals surface area contributed by atoms with Gasteiger partial charge in [-0.1, -0.05) is 30.3 Å². The summed E-state index contributed by atoms with van der Waals surface area (Å²) in [6.07, 6.45) is -4.53. The lowest BCUT2D eigenvalue weighted by atomic mass is 9.84. The van der Waals surface area contributed by atoms with E-state index < -0.39 is 72.3 Å². The van der Waals surface area contributed by atoms with Gasteiger partial charge in [-0.3, -0.25) is 9.63 Å². The number of fused-ring (bicyclic) bond motifs is 3. The molecule has 0 amide bonds. The van der Waals surface area contributed by atoms with Gasteiger partial charge in [0, 0.05) is 6.54 Å². The number of ether oxygens (including phenoxy) is 7. The summed E-state index contributed by atoms with van der Waals surface area (Å²) in [5.41, 5.74) is 0.910. The van der Waals surface area contributed by atoms with Crippen LogP contribution in [0.1, 0.15) is 33.3 Å². The Labute approximate surface area is 209 Å². The van der Waals surface area contributed by atoms with E-state index in [-0.39, 0.29) is 6.54 Å². The molecule has 11 heteroatoms. The predicted octanol–water partition coefficient (Wildman–Crippen LogP) is 1.53. The smallest absolute Gasteiger partial charge is 0.338 e. The van der Waals surface area contributed by atoms with E-state index >= 15 is 0 Å². The van der Waals surface area contributed by atoms with E-state index in [1.165, 1.54) is 14.2 Å². The third kappa shape index (κ3) is 4.53. The largest absolute Gasteiger partial charge is 0.469 e. The summed E-state index contributed by atoms with van der Waals surface area (Å²) >= 11 is 0. The maximum Gasteiger partial charge on any atom is 0.338 e. The van der Waals surface area contributed by atoms with Gasteiger partial charge in [-0.15, -0.1) is 0 Å². The molecular weight excluding hydrogens is 474 g/mol. The number of hydrogen-bond acceptors (Lipinski definition) is 11. The third-order valence-corrected chi connectivity index (χ3v) is 6.89. The van der Waals surface area contributed by atoms with Crippen LogP contribution < -0.4 is 0 Å². The van der Waals surface area contributed by atoms with Crippen LogP contribution in [0.5, 0.6) is 0 Å². The molecule has 1 aromatic carbocycles. The summed E-state index contributed by atoms with van der Waals surface area (Å²) < 4.78 is 41.2. The Kier molecular flexibility index (Phi) is 6.61. The predicted molar refractivity (Wildman–Crippen MR) is 121 cm³/mol. The minimum atomic E-state index is -1.23. The molecule has 1 aromatic rings. The van der Waals surface area contributed by atoms with Gasteiger partial charge in [0.05, 0.1) is 20.3 Å². The van der Waals surface area contributed by atoms with E-state index in [1.807, 2.05) is 30.3 Å². The van der Waals surface area contributed by atoms with Gasteiger partial charge in [0.1, 0.15) is 30.3 Å². The number of hydroxylamine groups is 2. The van der Waals surface area contributed by atoms with E-state index in [4.69, 9.17) is 38.0 Å². The van der Waals surface area contributed by atoms with Crippen molar-refractivity contribution in [3.8, 4) is 0 Å². The number of benzene rings is 1. The van der Waals surface area contributed by atoms with Crippen molar-refractivity contribution in [3.05, 3.63) is 35.9 Å². The van der Waals surface area contributed by atoms with Crippen LogP contribution in [0, 0.1) is 5.92 Å². The number of methoxy groups -OCH3 is 2. The Morgan fingerprint density at radius 3 is 2.06 bits per heavy atom. The molecule has 0 spiro atoms. The van der Waals surface area contributed by atoms with Gasteiger partial charge in [0.25, 0.3) is 0 Å². The van der Waals surface area contributed by atoms with E-state index in [0.717, 1.165) is 5.56 Å². The van der Waals surface area contributed by atoms with Crippen LogP contribution >= 0.6 is 0 Å². The number of carbonyl (C=O) groups excluding carboxylic acids is 2. The van der Waals surface area contributed by atoms with Gasteiger partial charge in [-0.2, -0.15) is 5.06 Å². The SMILES string of the molecule is COC(=O)[C@@H]1ON(Cc2ccccc2)C(C2OC3OC(C)(C)OC3C3OC(C)(C)OC32)[C@@H]1C(=O)OC. The van der Waals surface area contributed by atoms with Crippen LogP contribution in [0.2, 0.25) is 0 Å². The van der Waals surface area contributed by atoms with Crippen LogP contribution in [0.3, 0.4) is 0 Å². The van der Waals surface area contributed by atoms with Crippen molar-refractivity contribution in [1.82, 2.24) is 5.06 Å². The summed E-state index contributed by atoms with van der Waals surface area (Å²) in [5.74, 6) is -4.22. The molecule has 4 heterocycles. The van der Waals surface area contributed by atoms with Crippen molar-refractivity contribution in [2.45, 2.75) is 88.7 Å². The van der Waals surface area contributed by atoms with Crippen LogP contribution in [0.4, 0.5) is 0 Å². The number of nitrogens with zero attached hydrogens (tertiary/aromatic N) is 1. The number of hydrogen-bond donors (Lipinski definition) is 0. The second-order valence-corrected chi connectivity index (χ2v) is 10.3. The molecule has 4 aliphatic rings. The molecule has 0 bridgehead atoms. The highest BCUT2D eigenvalue weighted by Gasteiger charge is 2.66. The standard InChI is InChI=1S/C25H33NO10/c1-24(2)32-18-17(31-23-20(19(18)33-24)34-25(3,4)35-23)15-14(21(27)29-5)16(22(28)30-6)36-26(15)12-13-10-8-7-9-11-13/h7-11,14-20,23H,12H2,1-6H3/t14-,15?,16+,17?,18?,19?,20?,23?/m0/s1. The summed E-state index contributed by atoms with van der Waals surface area (Å²) in [6, 6.07) is 8.76. The molecule has 0 N–H and O–H groups in total. The van der Waals surface area contributed by atoms with Crippen molar-refractivity contribution < 1.29 is 47.6 Å². The van der Waals surface area contributed by atoms with E-state index in [0.29, 0.717) is 0 Å². The number of rotatable bonds is 5. The second kappa shape index (κ2) is 9.32. The highest BCUT2D eigenvalue weighted by atomic mass is 16.9. The van der Waals surface area contributed by atoms with Gasteiger partial charge in [0.2, 0.25) is 0 Å². The van der Waals surface area contributed by atoms with Crippen molar-refractivity contribution in [3.63, 3.8) is 0 Å². The zero-order valence-electron chi connectivity index (χ0n) is 21.2. The summed E-state index contributed by atoms with van der Waals surface area (Å²) in [4.78, 5) is 32.0. The van der Waals surface area contributed by atoms with Gasteiger partial charge >= 0.3 is 11.9 Å². The first-order valence-electron chi connectivity index (χ1n) is 12.0. The molecule has 4 fully saturated rings. The van der Waals surface area contributed by atoms with Gasteiger partial charge in [0.15, 0.2) is 24.0 Å². The van der Waals surface area contributed by atoms with Gasteiger partial charge in [-0.05, 0) is 33.3 Å². The van der Waals surface area contributed by atoms with Crippen molar-refractivity contribution in [1.29, 1.82) is 0 Å². The second-order valence-electron chi connectivity index (χ2n) is 10.3. The minimum absolute atomic E-state index is 0.269. The highest BCUT2D eigenvalue weighted by molar-refractivity contribution is 5.85.